The van der Waals surface area contributed by atoms with Crippen molar-refractivity contribution in [1.82, 2.24) is 9.97 Å². The quantitative estimate of drug-likeness (QED) is 0.920. The van der Waals surface area contributed by atoms with Gasteiger partial charge in [-0.2, -0.15) is 0 Å². The molecule has 0 bridgehead atoms. The lowest BCUT2D eigenvalue weighted by molar-refractivity contribution is -0.114. The van der Waals surface area contributed by atoms with Gasteiger partial charge in [0.15, 0.2) is 5.82 Å². The monoisotopic (exact) mass is 299 g/mol. The van der Waals surface area contributed by atoms with Gasteiger partial charge in [-0.1, -0.05) is 13.8 Å². The maximum atomic E-state index is 11.3. The van der Waals surface area contributed by atoms with Crippen molar-refractivity contribution in [3.05, 3.63) is 36.2 Å². The second-order valence-corrected chi connectivity index (χ2v) is 5.56. The lowest BCUT2D eigenvalue weighted by Crippen LogP contribution is -2.12. The zero-order chi connectivity index (χ0) is 16.1. The average Bonchev–Trinajstić information content (AvgIpc) is 2.48. The number of carbonyl (C=O) groups is 1. The predicted octanol–water partition coefficient (Wildman–Crippen LogP) is 3.31. The number of hydrogen-bond acceptors (Lipinski definition) is 4. The molecule has 0 atom stereocenters. The molecule has 0 aliphatic heterocycles. The molecule has 0 fully saturated rings. The second-order valence-electron chi connectivity index (χ2n) is 5.56. The molecule has 0 radical (unpaired) electrons. The van der Waals surface area contributed by atoms with E-state index < -0.39 is 0 Å². The topological polar surface area (TPSA) is 64.1 Å². The summed E-state index contributed by atoms with van der Waals surface area (Å²) in [4.78, 5) is 20.3. The number of aromatic nitrogens is 2. The first-order chi connectivity index (χ1) is 10.5. The Kier molecular flexibility index (Phi) is 5.09. The summed E-state index contributed by atoms with van der Waals surface area (Å²) < 4.78 is 5.16. The summed E-state index contributed by atoms with van der Waals surface area (Å²) in [7, 11) is 1.64. The normalized spacial score (nSPS) is 10.6. The number of carbonyl (C=O) groups excluding carboxylic acids is 1. The van der Waals surface area contributed by atoms with Gasteiger partial charge in [-0.3, -0.25) is 4.79 Å². The van der Waals surface area contributed by atoms with Gasteiger partial charge in [-0.05, 0) is 36.6 Å². The number of nitrogens with one attached hydrogen (secondary N) is 1. The molecule has 0 spiro atoms. The number of anilines is 1. The first-order valence-corrected chi connectivity index (χ1v) is 7.27. The highest BCUT2D eigenvalue weighted by Gasteiger charge is 2.12. The third-order valence-corrected chi connectivity index (χ3v) is 3.13. The Hall–Kier alpha value is -2.43. The highest BCUT2D eigenvalue weighted by molar-refractivity contribution is 5.88. The van der Waals surface area contributed by atoms with Crippen LogP contribution in [0.3, 0.4) is 0 Å². The van der Waals surface area contributed by atoms with Crippen molar-refractivity contribution in [2.45, 2.75) is 27.2 Å². The zero-order valence-electron chi connectivity index (χ0n) is 13.4. The standard InChI is InChI=1S/C17H21N3O2/c1-11(2)9-15-17(19-12(3)21)18-10-16(20-15)13-5-7-14(22-4)8-6-13/h5-8,10-11H,9H2,1-4H3,(H,18,19,21). The van der Waals surface area contributed by atoms with E-state index in [0.29, 0.717) is 11.7 Å². The van der Waals surface area contributed by atoms with Gasteiger partial charge in [0.25, 0.3) is 0 Å². The minimum absolute atomic E-state index is 0.142. The number of benzene rings is 1. The van der Waals surface area contributed by atoms with Crippen LogP contribution in [0.4, 0.5) is 5.82 Å². The number of rotatable bonds is 5. The Morgan fingerprint density at radius 3 is 2.50 bits per heavy atom. The van der Waals surface area contributed by atoms with E-state index in [-0.39, 0.29) is 5.91 Å². The second kappa shape index (κ2) is 7.02. The molecule has 116 valence electrons. The highest BCUT2D eigenvalue weighted by Crippen LogP contribution is 2.23. The van der Waals surface area contributed by atoms with Crippen molar-refractivity contribution in [3.8, 4) is 17.0 Å². The molecular weight excluding hydrogens is 278 g/mol. The van der Waals surface area contributed by atoms with Crippen molar-refractivity contribution in [1.29, 1.82) is 0 Å². The number of amides is 1. The van der Waals surface area contributed by atoms with E-state index in [1.165, 1.54) is 6.92 Å². The third-order valence-electron chi connectivity index (χ3n) is 3.13. The van der Waals surface area contributed by atoms with E-state index in [9.17, 15) is 4.79 Å². The van der Waals surface area contributed by atoms with Crippen LogP contribution in [0.5, 0.6) is 5.75 Å². The Balaban J connectivity index is 2.37. The van der Waals surface area contributed by atoms with E-state index in [1.807, 2.05) is 24.3 Å². The van der Waals surface area contributed by atoms with Crippen LogP contribution < -0.4 is 10.1 Å². The molecule has 0 aliphatic carbocycles. The summed E-state index contributed by atoms with van der Waals surface area (Å²) in [5.74, 6) is 1.62. The molecule has 1 aromatic heterocycles. The SMILES string of the molecule is COc1ccc(-c2cnc(NC(C)=O)c(CC(C)C)n2)cc1. The lowest BCUT2D eigenvalue weighted by atomic mass is 10.1. The first-order valence-electron chi connectivity index (χ1n) is 7.27. The fraction of sp³-hybridized carbons (Fsp3) is 0.353. The summed E-state index contributed by atoms with van der Waals surface area (Å²) >= 11 is 0. The molecule has 22 heavy (non-hydrogen) atoms. The van der Waals surface area contributed by atoms with Gasteiger partial charge in [0.05, 0.1) is 24.7 Å². The third kappa shape index (κ3) is 4.04. The molecule has 1 heterocycles. The molecule has 1 aromatic carbocycles. The maximum Gasteiger partial charge on any atom is 0.222 e. The van der Waals surface area contributed by atoms with Gasteiger partial charge < -0.3 is 10.1 Å². The van der Waals surface area contributed by atoms with Crippen LogP contribution in [0.2, 0.25) is 0 Å². The number of nitrogens with zero attached hydrogens (tertiary/aromatic N) is 2. The fourth-order valence-electron chi connectivity index (χ4n) is 2.13. The molecular formula is C17H21N3O2. The van der Waals surface area contributed by atoms with Crippen LogP contribution in [-0.4, -0.2) is 23.0 Å². The summed E-state index contributed by atoms with van der Waals surface area (Å²) in [6.07, 6.45) is 2.43. The summed E-state index contributed by atoms with van der Waals surface area (Å²) in [5.41, 5.74) is 2.55. The minimum atomic E-state index is -0.142. The van der Waals surface area contributed by atoms with Crippen LogP contribution in [-0.2, 0) is 11.2 Å². The fourth-order valence-corrected chi connectivity index (χ4v) is 2.13. The molecule has 0 saturated heterocycles. The maximum absolute atomic E-state index is 11.3. The van der Waals surface area contributed by atoms with Gasteiger partial charge in [0, 0.05) is 12.5 Å². The van der Waals surface area contributed by atoms with Crippen molar-refractivity contribution in [2.75, 3.05) is 12.4 Å². The summed E-state index contributed by atoms with van der Waals surface area (Å²) in [6.45, 7) is 5.69. The average molecular weight is 299 g/mol. The predicted molar refractivity (Wildman–Crippen MR) is 86.9 cm³/mol. The van der Waals surface area contributed by atoms with E-state index in [2.05, 4.69) is 29.1 Å². The number of ether oxygens (including phenoxy) is 1. The molecule has 1 amide bonds. The molecule has 2 rings (SSSR count). The molecule has 1 N–H and O–H groups in total. The van der Waals surface area contributed by atoms with E-state index >= 15 is 0 Å². The largest absolute Gasteiger partial charge is 0.497 e. The van der Waals surface area contributed by atoms with Crippen molar-refractivity contribution in [2.24, 2.45) is 5.92 Å². The molecule has 5 nitrogen and oxygen atoms in total. The molecule has 0 unspecified atom stereocenters. The van der Waals surface area contributed by atoms with Crippen molar-refractivity contribution in [3.63, 3.8) is 0 Å². The van der Waals surface area contributed by atoms with Gasteiger partial charge in [0.2, 0.25) is 5.91 Å². The minimum Gasteiger partial charge on any atom is -0.497 e. The Bertz CT molecular complexity index is 651. The smallest absolute Gasteiger partial charge is 0.222 e. The highest BCUT2D eigenvalue weighted by atomic mass is 16.5. The van der Waals surface area contributed by atoms with Crippen LogP contribution >= 0.6 is 0 Å². The van der Waals surface area contributed by atoms with Gasteiger partial charge in [-0.25, -0.2) is 9.97 Å². The van der Waals surface area contributed by atoms with Crippen molar-refractivity contribution >= 4 is 11.7 Å². The van der Waals surface area contributed by atoms with E-state index in [1.54, 1.807) is 13.3 Å². The Morgan fingerprint density at radius 2 is 1.95 bits per heavy atom. The Morgan fingerprint density at radius 1 is 1.27 bits per heavy atom. The zero-order valence-corrected chi connectivity index (χ0v) is 13.4. The summed E-state index contributed by atoms with van der Waals surface area (Å²) in [5, 5.41) is 2.74. The van der Waals surface area contributed by atoms with Crippen LogP contribution in [0.15, 0.2) is 30.5 Å². The van der Waals surface area contributed by atoms with Crippen LogP contribution in [0, 0.1) is 5.92 Å². The first kappa shape index (κ1) is 15.9. The molecule has 0 aliphatic rings. The summed E-state index contributed by atoms with van der Waals surface area (Å²) in [6, 6.07) is 7.67. The Labute approximate surface area is 130 Å². The van der Waals surface area contributed by atoms with Crippen LogP contribution in [0.1, 0.15) is 26.5 Å². The number of hydrogen-bond donors (Lipinski definition) is 1. The van der Waals surface area contributed by atoms with Gasteiger partial charge in [-0.15, -0.1) is 0 Å². The van der Waals surface area contributed by atoms with Gasteiger partial charge >= 0.3 is 0 Å². The molecule has 0 saturated carbocycles. The van der Waals surface area contributed by atoms with Crippen LogP contribution in [0.25, 0.3) is 11.3 Å². The molecule has 5 heteroatoms. The lowest BCUT2D eigenvalue weighted by Gasteiger charge is -2.12. The van der Waals surface area contributed by atoms with E-state index in [0.717, 1.165) is 29.1 Å². The van der Waals surface area contributed by atoms with Crippen molar-refractivity contribution < 1.29 is 9.53 Å². The number of methoxy groups -OCH3 is 1. The van der Waals surface area contributed by atoms with Gasteiger partial charge in [0.1, 0.15) is 5.75 Å². The van der Waals surface area contributed by atoms with E-state index in [4.69, 9.17) is 4.74 Å². The molecule has 2 aromatic rings.